The normalized spacial score (nSPS) is 19.6. The van der Waals surface area contributed by atoms with E-state index in [1.807, 2.05) is 5.32 Å². The Morgan fingerprint density at radius 3 is 1.93 bits per heavy atom. The first-order valence-corrected chi connectivity index (χ1v) is 3.78. The number of carbonyl (C=O) groups is 3. The lowest BCUT2D eigenvalue weighted by molar-refractivity contribution is -0.162. The molecule has 0 aromatic rings. The van der Waals surface area contributed by atoms with E-state index in [9.17, 15) is 23.2 Å². The maximum Gasteiger partial charge on any atom is 0.404 e. The molecule has 1 amide bonds. The van der Waals surface area contributed by atoms with E-state index < -0.39 is 42.5 Å². The third-order valence-electron chi connectivity index (χ3n) is 2.27. The highest BCUT2D eigenvalue weighted by atomic mass is 19.1. The van der Waals surface area contributed by atoms with Crippen molar-refractivity contribution in [2.24, 2.45) is 5.41 Å². The van der Waals surface area contributed by atoms with Gasteiger partial charge in [0.2, 0.25) is 0 Å². The van der Waals surface area contributed by atoms with E-state index in [4.69, 9.17) is 5.11 Å². The van der Waals surface area contributed by atoms with Crippen LogP contribution < -0.4 is 5.32 Å². The van der Waals surface area contributed by atoms with Crippen molar-refractivity contribution in [2.75, 3.05) is 0 Å². The molecule has 0 spiro atoms. The molecule has 0 heterocycles. The second kappa shape index (κ2) is 3.32. The van der Waals surface area contributed by atoms with Crippen LogP contribution in [0.5, 0.6) is 0 Å². The second-order valence-electron chi connectivity index (χ2n) is 3.18. The van der Waals surface area contributed by atoms with E-state index in [0.717, 1.165) is 0 Å². The van der Waals surface area contributed by atoms with Gasteiger partial charge in [-0.15, -0.1) is 0 Å². The van der Waals surface area contributed by atoms with Crippen LogP contribution in [0.2, 0.25) is 0 Å². The standard InChI is InChI=1S/C7H7F2NO4/c8-4(11)7(5(9)12)1-3(2-7)10-6(13)14/h3,10H,1-2H2,(H,13,14). The number of halogens is 2. The van der Waals surface area contributed by atoms with Crippen molar-refractivity contribution in [1.29, 1.82) is 0 Å². The first-order chi connectivity index (χ1) is 6.38. The molecule has 5 nitrogen and oxygen atoms in total. The molecule has 1 aliphatic rings. The molecule has 0 radical (unpaired) electrons. The molecule has 0 aliphatic heterocycles. The number of carbonyl (C=O) groups excluding carboxylic acids is 2. The molecule has 1 saturated carbocycles. The van der Waals surface area contributed by atoms with Crippen LogP contribution in [-0.2, 0) is 9.59 Å². The summed E-state index contributed by atoms with van der Waals surface area (Å²) in [7, 11) is 0. The minimum atomic E-state index is -2.26. The topological polar surface area (TPSA) is 83.5 Å². The first-order valence-electron chi connectivity index (χ1n) is 3.78. The lowest BCUT2D eigenvalue weighted by atomic mass is 9.66. The molecule has 78 valence electrons. The fraction of sp³-hybridized carbons (Fsp3) is 0.571. The Morgan fingerprint density at radius 2 is 1.64 bits per heavy atom. The molecule has 1 rings (SSSR count). The van der Waals surface area contributed by atoms with E-state index in [1.165, 1.54) is 0 Å². The Morgan fingerprint density at radius 1 is 1.21 bits per heavy atom. The van der Waals surface area contributed by atoms with Gasteiger partial charge in [-0.05, 0) is 12.8 Å². The van der Waals surface area contributed by atoms with Gasteiger partial charge in [0.05, 0.1) is 0 Å². The zero-order chi connectivity index (χ0) is 10.9. The predicted octanol–water partition coefficient (Wildman–Crippen LogP) is 0.395. The summed E-state index contributed by atoms with van der Waals surface area (Å²) in [5.41, 5.74) is -2.26. The molecule has 0 saturated heterocycles. The number of nitrogens with one attached hydrogen (secondary N) is 1. The maximum absolute atomic E-state index is 12.3. The minimum Gasteiger partial charge on any atom is -0.465 e. The van der Waals surface area contributed by atoms with Gasteiger partial charge in [-0.2, -0.15) is 8.78 Å². The van der Waals surface area contributed by atoms with Crippen molar-refractivity contribution < 1.29 is 28.3 Å². The number of hydrogen-bond acceptors (Lipinski definition) is 3. The van der Waals surface area contributed by atoms with E-state index in [1.54, 1.807) is 0 Å². The summed E-state index contributed by atoms with van der Waals surface area (Å²) in [5, 5.41) is 10.2. The van der Waals surface area contributed by atoms with Crippen molar-refractivity contribution >= 4 is 18.2 Å². The molecular formula is C7H7F2NO4. The Labute approximate surface area is 77.1 Å². The molecule has 0 atom stereocenters. The minimum absolute atomic E-state index is 0.454. The highest BCUT2D eigenvalue weighted by molar-refractivity contribution is 6.00. The zero-order valence-corrected chi connectivity index (χ0v) is 6.92. The fourth-order valence-corrected chi connectivity index (χ4v) is 1.46. The Kier molecular flexibility index (Phi) is 2.50. The van der Waals surface area contributed by atoms with Gasteiger partial charge in [-0.3, -0.25) is 9.59 Å². The van der Waals surface area contributed by atoms with Crippen LogP contribution in [0.25, 0.3) is 0 Å². The monoisotopic (exact) mass is 207 g/mol. The van der Waals surface area contributed by atoms with Crippen molar-refractivity contribution in [3.8, 4) is 0 Å². The van der Waals surface area contributed by atoms with Gasteiger partial charge in [-0.25, -0.2) is 4.79 Å². The number of hydrogen-bond donors (Lipinski definition) is 2. The summed E-state index contributed by atoms with van der Waals surface area (Å²) < 4.78 is 24.6. The summed E-state index contributed by atoms with van der Waals surface area (Å²) in [5.74, 6) is 0. The molecule has 0 aromatic heterocycles. The largest absolute Gasteiger partial charge is 0.465 e. The molecule has 1 fully saturated rings. The molecular weight excluding hydrogens is 200 g/mol. The van der Waals surface area contributed by atoms with E-state index in [0.29, 0.717) is 0 Å². The van der Waals surface area contributed by atoms with Crippen LogP contribution in [-0.4, -0.2) is 29.3 Å². The number of amides is 1. The average Bonchev–Trinajstić information content (AvgIpc) is 1.93. The van der Waals surface area contributed by atoms with E-state index in [-0.39, 0.29) is 0 Å². The van der Waals surface area contributed by atoms with Gasteiger partial charge in [0.15, 0.2) is 5.41 Å². The van der Waals surface area contributed by atoms with Crippen LogP contribution in [0, 0.1) is 5.41 Å². The van der Waals surface area contributed by atoms with Crippen LogP contribution in [0.4, 0.5) is 13.6 Å². The molecule has 2 N–H and O–H groups in total. The second-order valence-corrected chi connectivity index (χ2v) is 3.18. The zero-order valence-electron chi connectivity index (χ0n) is 6.92. The molecule has 14 heavy (non-hydrogen) atoms. The van der Waals surface area contributed by atoms with Gasteiger partial charge in [-0.1, -0.05) is 0 Å². The fourth-order valence-electron chi connectivity index (χ4n) is 1.46. The average molecular weight is 207 g/mol. The van der Waals surface area contributed by atoms with Crippen molar-refractivity contribution in [2.45, 2.75) is 18.9 Å². The summed E-state index contributed by atoms with van der Waals surface area (Å²) in [6, 6.07) is -4.84. The van der Waals surface area contributed by atoms with Crippen molar-refractivity contribution in [1.82, 2.24) is 5.32 Å². The summed E-state index contributed by atoms with van der Waals surface area (Å²) in [6.45, 7) is 0. The van der Waals surface area contributed by atoms with Gasteiger partial charge in [0.1, 0.15) is 0 Å². The van der Waals surface area contributed by atoms with Gasteiger partial charge < -0.3 is 10.4 Å². The van der Waals surface area contributed by atoms with Gasteiger partial charge in [0, 0.05) is 6.04 Å². The Hall–Kier alpha value is -1.53. The maximum atomic E-state index is 12.3. The molecule has 0 bridgehead atoms. The van der Waals surface area contributed by atoms with E-state index in [2.05, 4.69) is 0 Å². The number of rotatable bonds is 3. The lowest BCUT2D eigenvalue weighted by Gasteiger charge is -2.39. The SMILES string of the molecule is O=C(O)NC1CC(C(=O)F)(C(=O)F)C1. The van der Waals surface area contributed by atoms with Crippen LogP contribution in [0.15, 0.2) is 0 Å². The smallest absolute Gasteiger partial charge is 0.404 e. The lowest BCUT2D eigenvalue weighted by Crippen LogP contribution is -2.56. The van der Waals surface area contributed by atoms with Crippen molar-refractivity contribution in [3.63, 3.8) is 0 Å². The third-order valence-corrected chi connectivity index (χ3v) is 2.27. The van der Waals surface area contributed by atoms with Gasteiger partial charge in [0.25, 0.3) is 0 Å². The van der Waals surface area contributed by atoms with Crippen LogP contribution >= 0.6 is 0 Å². The third kappa shape index (κ3) is 1.57. The van der Waals surface area contributed by atoms with Crippen LogP contribution in [0.1, 0.15) is 12.8 Å². The quantitative estimate of drug-likeness (QED) is 0.518. The highest BCUT2D eigenvalue weighted by Crippen LogP contribution is 2.43. The van der Waals surface area contributed by atoms with Crippen molar-refractivity contribution in [3.05, 3.63) is 0 Å². The summed E-state index contributed by atoms with van der Waals surface area (Å²) in [4.78, 5) is 30.7. The first kappa shape index (κ1) is 10.6. The van der Waals surface area contributed by atoms with Crippen LogP contribution in [0.3, 0.4) is 0 Å². The Bertz CT molecular complexity index is 282. The molecule has 1 aliphatic carbocycles. The van der Waals surface area contributed by atoms with Gasteiger partial charge >= 0.3 is 18.2 Å². The molecule has 0 aromatic carbocycles. The highest BCUT2D eigenvalue weighted by Gasteiger charge is 2.57. The molecule has 0 unspecified atom stereocenters. The van der Waals surface area contributed by atoms with E-state index >= 15 is 0 Å². The number of carboxylic acid groups (broad SMARTS) is 1. The summed E-state index contributed by atoms with van der Waals surface area (Å²) >= 11 is 0. The summed E-state index contributed by atoms with van der Waals surface area (Å²) in [6.07, 6.45) is -2.27. The molecule has 7 heteroatoms. The Balaban J connectivity index is 2.61. The predicted molar refractivity (Wildman–Crippen MR) is 38.8 cm³/mol.